The van der Waals surface area contributed by atoms with E-state index in [-0.39, 0.29) is 5.78 Å². The Morgan fingerprint density at radius 1 is 1.45 bits per heavy atom. The van der Waals surface area contributed by atoms with Crippen molar-refractivity contribution in [3.8, 4) is 0 Å². The summed E-state index contributed by atoms with van der Waals surface area (Å²) in [6.45, 7) is 3.06. The van der Waals surface area contributed by atoms with Gasteiger partial charge in [-0.2, -0.15) is 0 Å². The van der Waals surface area contributed by atoms with E-state index in [2.05, 4.69) is 9.97 Å². The minimum Gasteiger partial charge on any atom is -0.382 e. The topological polar surface area (TPSA) is 68.9 Å². The number of ketones is 1. The van der Waals surface area contributed by atoms with Crippen LogP contribution in [0.3, 0.4) is 0 Å². The van der Waals surface area contributed by atoms with E-state index < -0.39 is 0 Å². The summed E-state index contributed by atoms with van der Waals surface area (Å²) in [5.74, 6) is 0.627. The van der Waals surface area contributed by atoms with Gasteiger partial charge in [0.2, 0.25) is 0 Å². The fourth-order valence-corrected chi connectivity index (χ4v) is 0.311. The van der Waals surface area contributed by atoms with Crippen molar-refractivity contribution >= 4 is 11.6 Å². The van der Waals surface area contributed by atoms with Gasteiger partial charge in [0.25, 0.3) is 0 Å². The zero-order valence-corrected chi connectivity index (χ0v) is 6.61. The summed E-state index contributed by atoms with van der Waals surface area (Å²) in [6.07, 6.45) is 4.63. The second kappa shape index (κ2) is 5.34. The second-order valence-corrected chi connectivity index (χ2v) is 2.04. The van der Waals surface area contributed by atoms with E-state index in [1.807, 2.05) is 0 Å². The van der Waals surface area contributed by atoms with Crippen LogP contribution in [0.2, 0.25) is 0 Å². The van der Waals surface area contributed by atoms with Gasteiger partial charge >= 0.3 is 0 Å². The van der Waals surface area contributed by atoms with Gasteiger partial charge in [0.15, 0.2) is 0 Å². The van der Waals surface area contributed by atoms with Gasteiger partial charge in [-0.1, -0.05) is 0 Å². The summed E-state index contributed by atoms with van der Waals surface area (Å²) in [6, 6.07) is 0. The number of nitrogens with zero attached hydrogens (tertiary/aromatic N) is 2. The lowest BCUT2D eigenvalue weighted by Gasteiger charge is -1.82. The highest BCUT2D eigenvalue weighted by Gasteiger charge is 1.74. The van der Waals surface area contributed by atoms with E-state index in [0.29, 0.717) is 5.82 Å². The fourth-order valence-electron chi connectivity index (χ4n) is 0.311. The highest BCUT2D eigenvalue weighted by Crippen LogP contribution is 1.84. The Bertz CT molecular complexity index is 206. The highest BCUT2D eigenvalue weighted by molar-refractivity contribution is 5.72. The number of nitrogen functional groups attached to an aromatic ring is 1. The molecule has 0 aliphatic carbocycles. The molecule has 0 amide bonds. The first-order chi connectivity index (χ1) is 5.13. The predicted molar refractivity (Wildman–Crippen MR) is 42.8 cm³/mol. The SMILES string of the molecule is CC(C)=O.Nc1cnccn1. The third-order valence-corrected chi connectivity index (χ3v) is 0.583. The quantitative estimate of drug-likeness (QED) is 0.594. The molecule has 1 aromatic heterocycles. The van der Waals surface area contributed by atoms with E-state index in [4.69, 9.17) is 5.73 Å². The van der Waals surface area contributed by atoms with Crippen LogP contribution in [0.1, 0.15) is 13.8 Å². The molecule has 0 aliphatic heterocycles. The average molecular weight is 153 g/mol. The van der Waals surface area contributed by atoms with Gasteiger partial charge in [0.1, 0.15) is 11.6 Å². The molecule has 4 heteroatoms. The summed E-state index contributed by atoms with van der Waals surface area (Å²) in [7, 11) is 0. The standard InChI is InChI=1S/C4H5N3.C3H6O/c5-4-3-6-1-2-7-4;1-3(2)4/h1-3H,(H2,5,7);1-2H3. The zero-order valence-electron chi connectivity index (χ0n) is 6.61. The molecular formula is C7H11N3O. The Hall–Kier alpha value is -1.45. The third kappa shape index (κ3) is 8.55. The maximum atomic E-state index is 9.44. The van der Waals surface area contributed by atoms with Crippen LogP contribution in [0.25, 0.3) is 0 Å². The number of Topliss-reactive ketones (excluding diaryl/α,β-unsaturated/α-hetero) is 1. The lowest BCUT2D eigenvalue weighted by Crippen LogP contribution is -1.87. The number of rotatable bonds is 0. The van der Waals surface area contributed by atoms with Crippen LogP contribution in [0.15, 0.2) is 18.6 Å². The van der Waals surface area contributed by atoms with Crippen molar-refractivity contribution in [2.75, 3.05) is 5.73 Å². The van der Waals surface area contributed by atoms with Crippen LogP contribution in [-0.2, 0) is 4.79 Å². The molecule has 11 heavy (non-hydrogen) atoms. The first-order valence-electron chi connectivity index (χ1n) is 3.11. The minimum absolute atomic E-state index is 0.167. The molecule has 0 unspecified atom stereocenters. The van der Waals surface area contributed by atoms with Crippen molar-refractivity contribution in [2.45, 2.75) is 13.8 Å². The summed E-state index contributed by atoms with van der Waals surface area (Å²) in [4.78, 5) is 16.8. The predicted octanol–water partition coefficient (Wildman–Crippen LogP) is 0.654. The van der Waals surface area contributed by atoms with Crippen LogP contribution in [0.5, 0.6) is 0 Å². The monoisotopic (exact) mass is 153 g/mol. The lowest BCUT2D eigenvalue weighted by atomic mass is 10.6. The molecule has 0 atom stereocenters. The molecule has 0 aliphatic rings. The van der Waals surface area contributed by atoms with Crippen molar-refractivity contribution in [3.05, 3.63) is 18.6 Å². The zero-order chi connectivity index (χ0) is 8.69. The first kappa shape index (κ1) is 9.55. The largest absolute Gasteiger partial charge is 0.382 e. The van der Waals surface area contributed by atoms with Gasteiger partial charge in [-0.05, 0) is 13.8 Å². The molecule has 0 spiro atoms. The molecule has 4 nitrogen and oxygen atoms in total. The second-order valence-electron chi connectivity index (χ2n) is 2.04. The van der Waals surface area contributed by atoms with Gasteiger partial charge in [0.05, 0.1) is 6.20 Å². The van der Waals surface area contributed by atoms with Crippen LogP contribution in [-0.4, -0.2) is 15.8 Å². The number of nitrogens with two attached hydrogens (primary N) is 1. The van der Waals surface area contributed by atoms with Crippen molar-refractivity contribution in [3.63, 3.8) is 0 Å². The summed E-state index contributed by atoms with van der Waals surface area (Å²) in [5.41, 5.74) is 5.18. The van der Waals surface area contributed by atoms with Gasteiger partial charge in [-0.3, -0.25) is 4.98 Å². The smallest absolute Gasteiger partial charge is 0.141 e. The Morgan fingerprint density at radius 2 is 2.00 bits per heavy atom. The molecule has 0 saturated carbocycles. The molecular weight excluding hydrogens is 142 g/mol. The minimum atomic E-state index is 0.167. The van der Waals surface area contributed by atoms with E-state index in [1.165, 1.54) is 20.0 Å². The summed E-state index contributed by atoms with van der Waals surface area (Å²) < 4.78 is 0. The summed E-state index contributed by atoms with van der Waals surface area (Å²) in [5, 5.41) is 0. The molecule has 1 aromatic rings. The number of aromatic nitrogens is 2. The number of hydrogen-bond acceptors (Lipinski definition) is 4. The van der Waals surface area contributed by atoms with Gasteiger partial charge in [0, 0.05) is 12.4 Å². The molecule has 60 valence electrons. The number of hydrogen-bond donors (Lipinski definition) is 1. The number of carbonyl (C=O) groups excluding carboxylic acids is 1. The Kier molecular flexibility index (Phi) is 4.64. The van der Waals surface area contributed by atoms with Gasteiger partial charge < -0.3 is 10.5 Å². The maximum absolute atomic E-state index is 9.44. The molecule has 0 aromatic carbocycles. The van der Waals surface area contributed by atoms with E-state index >= 15 is 0 Å². The fraction of sp³-hybridized carbons (Fsp3) is 0.286. The molecule has 0 radical (unpaired) electrons. The molecule has 0 saturated heterocycles. The molecule has 0 fully saturated rings. The molecule has 1 rings (SSSR count). The molecule has 2 N–H and O–H groups in total. The van der Waals surface area contributed by atoms with Gasteiger partial charge in [-0.15, -0.1) is 0 Å². The maximum Gasteiger partial charge on any atom is 0.141 e. The Morgan fingerprint density at radius 3 is 2.18 bits per heavy atom. The van der Waals surface area contributed by atoms with Crippen molar-refractivity contribution in [1.29, 1.82) is 0 Å². The van der Waals surface area contributed by atoms with Gasteiger partial charge in [-0.25, -0.2) is 4.98 Å². The Balaban J connectivity index is 0.000000218. The molecule has 0 bridgehead atoms. The van der Waals surface area contributed by atoms with Crippen molar-refractivity contribution < 1.29 is 4.79 Å². The highest BCUT2D eigenvalue weighted by atomic mass is 16.1. The van der Waals surface area contributed by atoms with Crippen molar-refractivity contribution in [2.24, 2.45) is 0 Å². The third-order valence-electron chi connectivity index (χ3n) is 0.583. The number of anilines is 1. The molecule has 1 heterocycles. The van der Waals surface area contributed by atoms with Crippen LogP contribution >= 0.6 is 0 Å². The van der Waals surface area contributed by atoms with Crippen LogP contribution in [0.4, 0.5) is 5.82 Å². The van der Waals surface area contributed by atoms with E-state index in [0.717, 1.165) is 0 Å². The summed E-state index contributed by atoms with van der Waals surface area (Å²) >= 11 is 0. The number of carbonyl (C=O) groups is 1. The van der Waals surface area contributed by atoms with Crippen LogP contribution < -0.4 is 5.73 Å². The lowest BCUT2D eigenvalue weighted by molar-refractivity contribution is -0.114. The van der Waals surface area contributed by atoms with Crippen LogP contribution in [0, 0.1) is 0 Å². The average Bonchev–Trinajstić information content (AvgIpc) is 1.87. The Labute approximate surface area is 65.5 Å². The van der Waals surface area contributed by atoms with E-state index in [9.17, 15) is 4.79 Å². The normalized spacial score (nSPS) is 7.82. The van der Waals surface area contributed by atoms with Crippen molar-refractivity contribution in [1.82, 2.24) is 9.97 Å². The first-order valence-corrected chi connectivity index (χ1v) is 3.11. The van der Waals surface area contributed by atoms with E-state index in [1.54, 1.807) is 12.4 Å².